The molecule has 0 aliphatic rings. The molecule has 0 aliphatic carbocycles. The number of hydrogen-bond donors (Lipinski definition) is 1. The fourth-order valence-corrected chi connectivity index (χ4v) is 3.84. The quantitative estimate of drug-likeness (QED) is 0.788. The van der Waals surface area contributed by atoms with E-state index in [0.29, 0.717) is 0 Å². The summed E-state index contributed by atoms with van der Waals surface area (Å²) in [5.74, 6) is 0. The van der Waals surface area contributed by atoms with Crippen molar-refractivity contribution in [3.8, 4) is 6.07 Å². The summed E-state index contributed by atoms with van der Waals surface area (Å²) in [6.07, 6.45) is 0.998. The normalized spacial score (nSPS) is 13.9. The lowest BCUT2D eigenvalue weighted by Crippen LogP contribution is -2.35. The van der Waals surface area contributed by atoms with Crippen LogP contribution < -0.4 is 5.73 Å². The molecule has 0 spiro atoms. The topological polar surface area (TPSA) is 121 Å². The molecule has 1 unspecified atom stereocenters. The lowest BCUT2D eigenvalue weighted by molar-refractivity contribution is 0.393. The third-order valence-electron chi connectivity index (χ3n) is 3.08. The van der Waals surface area contributed by atoms with E-state index in [4.69, 9.17) is 11.0 Å². The second-order valence-electron chi connectivity index (χ2n) is 4.70. The molecule has 0 amide bonds. The van der Waals surface area contributed by atoms with Crippen LogP contribution >= 0.6 is 0 Å². The molecular weight excluding hydrogens is 314 g/mol. The third kappa shape index (κ3) is 3.72. The minimum atomic E-state index is -3.98. The molecule has 0 heterocycles. The number of nitrogens with zero attached hydrogens (tertiary/aromatic N) is 2. The number of nitrogen functional groups attached to an aromatic ring is 1. The Labute approximate surface area is 124 Å². The molecule has 0 bridgehead atoms. The predicted octanol–water partition coefficient (Wildman–Crippen LogP) is 0.595. The minimum absolute atomic E-state index is 0.0153. The zero-order valence-corrected chi connectivity index (χ0v) is 13.6. The summed E-state index contributed by atoms with van der Waals surface area (Å²) in [6, 6.07) is 4.87. The molecule has 1 aromatic rings. The lowest BCUT2D eigenvalue weighted by Gasteiger charge is -2.23. The van der Waals surface area contributed by atoms with Gasteiger partial charge in [-0.1, -0.05) is 0 Å². The summed E-state index contributed by atoms with van der Waals surface area (Å²) in [6.45, 7) is 1.58. The highest BCUT2D eigenvalue weighted by atomic mass is 32.2. The number of nitrogens with two attached hydrogens (primary N) is 1. The molecule has 1 aromatic carbocycles. The van der Waals surface area contributed by atoms with Crippen LogP contribution in [0.25, 0.3) is 0 Å². The Morgan fingerprint density at radius 1 is 1.33 bits per heavy atom. The molecule has 0 fully saturated rings. The van der Waals surface area contributed by atoms with Crippen molar-refractivity contribution in [3.63, 3.8) is 0 Å². The van der Waals surface area contributed by atoms with E-state index in [1.165, 1.54) is 19.2 Å². The molecule has 9 heteroatoms. The Hall–Kier alpha value is -1.63. The Bertz CT molecular complexity index is 779. The first-order valence-electron chi connectivity index (χ1n) is 5.96. The Morgan fingerprint density at radius 2 is 1.90 bits per heavy atom. The summed E-state index contributed by atoms with van der Waals surface area (Å²) in [4.78, 5) is -0.408. The van der Waals surface area contributed by atoms with Gasteiger partial charge >= 0.3 is 0 Å². The highest BCUT2D eigenvalue weighted by Gasteiger charge is 2.28. The largest absolute Gasteiger partial charge is 0.398 e. The lowest BCUT2D eigenvalue weighted by atomic mass is 10.3. The fourth-order valence-electron chi connectivity index (χ4n) is 1.62. The molecular formula is C12H17N3O4S2. The Balaban J connectivity index is 3.42. The Morgan fingerprint density at radius 3 is 2.38 bits per heavy atom. The van der Waals surface area contributed by atoms with Crippen LogP contribution in [0.4, 0.5) is 5.69 Å². The van der Waals surface area contributed by atoms with E-state index in [0.717, 1.165) is 16.6 Å². The van der Waals surface area contributed by atoms with E-state index >= 15 is 0 Å². The molecule has 0 aliphatic heterocycles. The molecule has 0 radical (unpaired) electrons. The molecule has 0 saturated carbocycles. The number of anilines is 1. The van der Waals surface area contributed by atoms with Gasteiger partial charge in [-0.2, -0.15) is 9.57 Å². The van der Waals surface area contributed by atoms with Crippen LogP contribution in [0.3, 0.4) is 0 Å². The van der Waals surface area contributed by atoms with Crippen molar-refractivity contribution < 1.29 is 16.8 Å². The van der Waals surface area contributed by atoms with Gasteiger partial charge in [0.05, 0.1) is 23.1 Å². The van der Waals surface area contributed by atoms with Crippen LogP contribution in [0.15, 0.2) is 28.0 Å². The number of sulfone groups is 1. The van der Waals surface area contributed by atoms with Crippen molar-refractivity contribution in [2.24, 2.45) is 0 Å². The van der Waals surface area contributed by atoms with Gasteiger partial charge in [0, 0.05) is 19.3 Å². The van der Waals surface area contributed by atoms with Crippen LogP contribution in [0.5, 0.6) is 0 Å². The fraction of sp³-hybridized carbons (Fsp3) is 0.417. The molecule has 1 atom stereocenters. The third-order valence-corrected chi connectivity index (χ3v) is 6.22. The molecule has 7 nitrogen and oxygen atoms in total. The number of rotatable bonds is 5. The van der Waals surface area contributed by atoms with Crippen LogP contribution in [0.1, 0.15) is 13.3 Å². The van der Waals surface area contributed by atoms with E-state index in [2.05, 4.69) is 0 Å². The van der Waals surface area contributed by atoms with E-state index in [-0.39, 0.29) is 21.9 Å². The maximum absolute atomic E-state index is 12.5. The van der Waals surface area contributed by atoms with Crippen molar-refractivity contribution >= 4 is 25.5 Å². The summed E-state index contributed by atoms with van der Waals surface area (Å²) in [5, 5.41) is 8.65. The number of sulfonamides is 1. The minimum Gasteiger partial charge on any atom is -0.398 e. The highest BCUT2D eigenvalue weighted by molar-refractivity contribution is 7.91. The average Bonchev–Trinajstić information content (AvgIpc) is 2.36. The first-order valence-corrected chi connectivity index (χ1v) is 9.29. The zero-order valence-electron chi connectivity index (χ0n) is 11.9. The summed E-state index contributed by atoms with van der Waals surface area (Å²) < 4.78 is 49.1. The smallest absolute Gasteiger partial charge is 0.245 e. The summed E-state index contributed by atoms with van der Waals surface area (Å²) >= 11 is 0. The van der Waals surface area contributed by atoms with Crippen LogP contribution in [0, 0.1) is 11.3 Å². The van der Waals surface area contributed by atoms with Crippen LogP contribution in [-0.2, 0) is 19.9 Å². The monoisotopic (exact) mass is 331 g/mol. The van der Waals surface area contributed by atoms with Gasteiger partial charge in [-0.05, 0) is 25.1 Å². The summed E-state index contributed by atoms with van der Waals surface area (Å²) in [7, 11) is -6.21. The first-order chi connectivity index (χ1) is 9.51. The van der Waals surface area contributed by atoms with E-state index in [1.54, 1.807) is 6.92 Å². The van der Waals surface area contributed by atoms with E-state index in [9.17, 15) is 16.8 Å². The molecule has 1 rings (SSSR count). The second-order valence-corrected chi connectivity index (χ2v) is 8.69. The van der Waals surface area contributed by atoms with Gasteiger partial charge in [0.1, 0.15) is 4.90 Å². The maximum atomic E-state index is 12.5. The second kappa shape index (κ2) is 6.01. The zero-order chi connectivity index (χ0) is 16.4. The van der Waals surface area contributed by atoms with Gasteiger partial charge in [-0.25, -0.2) is 16.8 Å². The first kappa shape index (κ1) is 17.4. The van der Waals surface area contributed by atoms with Crippen molar-refractivity contribution in [1.29, 1.82) is 5.26 Å². The molecule has 116 valence electrons. The average molecular weight is 331 g/mol. The van der Waals surface area contributed by atoms with Gasteiger partial charge in [0.15, 0.2) is 9.84 Å². The number of benzene rings is 1. The van der Waals surface area contributed by atoms with Crippen molar-refractivity contribution in [3.05, 3.63) is 18.2 Å². The summed E-state index contributed by atoms with van der Waals surface area (Å²) in [5.41, 5.74) is 5.62. The molecule has 0 saturated heterocycles. The van der Waals surface area contributed by atoms with Crippen molar-refractivity contribution in [2.45, 2.75) is 29.2 Å². The van der Waals surface area contributed by atoms with Gasteiger partial charge in [-0.15, -0.1) is 0 Å². The standard InChI is InChI=1S/C12H17N3O4S2/c1-9(6-7-13)15(2)21(18,19)12-8-10(20(3,16)17)4-5-11(12)14/h4-5,8-9H,6,14H2,1-3H3. The molecule has 2 N–H and O–H groups in total. The molecule has 0 aromatic heterocycles. The SMILES string of the molecule is CC(CC#N)N(C)S(=O)(=O)c1cc(S(C)(=O)=O)ccc1N. The maximum Gasteiger partial charge on any atom is 0.245 e. The predicted molar refractivity (Wildman–Crippen MR) is 78.6 cm³/mol. The van der Waals surface area contributed by atoms with E-state index < -0.39 is 25.9 Å². The Kier molecular flexibility index (Phi) is 4.99. The number of hydrogen-bond acceptors (Lipinski definition) is 6. The van der Waals surface area contributed by atoms with Gasteiger partial charge in [-0.3, -0.25) is 0 Å². The van der Waals surface area contributed by atoms with Crippen LogP contribution in [-0.4, -0.2) is 40.5 Å². The van der Waals surface area contributed by atoms with Crippen molar-refractivity contribution in [2.75, 3.05) is 19.0 Å². The van der Waals surface area contributed by atoms with Gasteiger partial charge in [0.2, 0.25) is 10.0 Å². The van der Waals surface area contributed by atoms with Gasteiger partial charge < -0.3 is 5.73 Å². The highest BCUT2D eigenvalue weighted by Crippen LogP contribution is 2.26. The number of nitriles is 1. The van der Waals surface area contributed by atoms with Crippen molar-refractivity contribution in [1.82, 2.24) is 4.31 Å². The van der Waals surface area contributed by atoms with Crippen LogP contribution in [0.2, 0.25) is 0 Å². The van der Waals surface area contributed by atoms with E-state index in [1.807, 2.05) is 6.07 Å². The van der Waals surface area contributed by atoms with Gasteiger partial charge in [0.25, 0.3) is 0 Å². The molecule has 21 heavy (non-hydrogen) atoms.